The maximum absolute atomic E-state index is 10.9. The Morgan fingerprint density at radius 3 is 1.62 bits per heavy atom. The first kappa shape index (κ1) is 15.8. The van der Waals surface area contributed by atoms with E-state index < -0.39 is 6.10 Å². The minimum absolute atomic E-state index is 0.0881. The minimum atomic E-state index is -0.467. The van der Waals surface area contributed by atoms with Crippen LogP contribution < -0.4 is 0 Å². The quantitative estimate of drug-likeness (QED) is 0.833. The highest BCUT2D eigenvalue weighted by Crippen LogP contribution is 2.37. The highest BCUT2D eigenvalue weighted by molar-refractivity contribution is 5.51. The van der Waals surface area contributed by atoms with Gasteiger partial charge in [0.1, 0.15) is 0 Å². The van der Waals surface area contributed by atoms with Gasteiger partial charge < -0.3 is 5.11 Å². The smallest absolute Gasteiger partial charge is 0.0861 e. The molecule has 0 amide bonds. The first-order chi connectivity index (χ1) is 9.86. The predicted molar refractivity (Wildman–Crippen MR) is 89.9 cm³/mol. The molecule has 2 rings (SSSR count). The minimum Gasteiger partial charge on any atom is -0.388 e. The largest absolute Gasteiger partial charge is 0.388 e. The summed E-state index contributed by atoms with van der Waals surface area (Å²) in [4.78, 5) is 0. The van der Waals surface area contributed by atoms with Crippen molar-refractivity contribution in [3.63, 3.8) is 0 Å². The Bertz CT molecular complexity index is 612. The molecule has 2 aromatic carbocycles. The van der Waals surface area contributed by atoms with Crippen LogP contribution >= 0.6 is 0 Å². The Labute approximate surface area is 128 Å². The van der Waals surface area contributed by atoms with Crippen molar-refractivity contribution in [1.29, 1.82) is 0 Å². The van der Waals surface area contributed by atoms with Crippen molar-refractivity contribution < 1.29 is 5.11 Å². The topological polar surface area (TPSA) is 20.2 Å². The van der Waals surface area contributed by atoms with Crippen LogP contribution in [-0.2, 0) is 0 Å². The maximum atomic E-state index is 10.9. The molecular weight excluding hydrogens is 256 g/mol. The summed E-state index contributed by atoms with van der Waals surface area (Å²) in [6.07, 6.45) is -0.467. The number of benzene rings is 2. The van der Waals surface area contributed by atoms with Crippen molar-refractivity contribution in [3.8, 4) is 0 Å². The molecule has 21 heavy (non-hydrogen) atoms. The fraction of sp³-hybridized carbons (Fsp3) is 0.400. The molecule has 0 aromatic heterocycles. The molecule has 0 aliphatic carbocycles. The van der Waals surface area contributed by atoms with Gasteiger partial charge in [-0.1, -0.05) is 37.3 Å². The summed E-state index contributed by atoms with van der Waals surface area (Å²) in [7, 11) is 0. The zero-order valence-electron chi connectivity index (χ0n) is 14.0. The molecule has 0 aliphatic heterocycles. The van der Waals surface area contributed by atoms with E-state index in [0.29, 0.717) is 0 Å². The normalized spacial score (nSPS) is 14.0. The van der Waals surface area contributed by atoms with Crippen LogP contribution in [0.15, 0.2) is 30.3 Å². The van der Waals surface area contributed by atoms with Crippen LogP contribution in [0.4, 0.5) is 0 Å². The summed E-state index contributed by atoms with van der Waals surface area (Å²) >= 11 is 0. The number of aliphatic hydroxyl groups is 1. The molecule has 0 aliphatic rings. The van der Waals surface area contributed by atoms with Crippen LogP contribution in [0.5, 0.6) is 0 Å². The van der Waals surface area contributed by atoms with E-state index >= 15 is 0 Å². The van der Waals surface area contributed by atoms with Crippen LogP contribution in [0.3, 0.4) is 0 Å². The van der Waals surface area contributed by atoms with Crippen molar-refractivity contribution in [1.82, 2.24) is 0 Å². The van der Waals surface area contributed by atoms with Gasteiger partial charge in [-0.15, -0.1) is 0 Å². The monoisotopic (exact) mass is 282 g/mol. The average Bonchev–Trinajstić information content (AvgIpc) is 2.51. The second-order valence-electron chi connectivity index (χ2n) is 6.18. The molecule has 1 heteroatoms. The molecule has 112 valence electrons. The van der Waals surface area contributed by atoms with Gasteiger partial charge in [0.05, 0.1) is 6.10 Å². The van der Waals surface area contributed by atoms with Gasteiger partial charge in [-0.3, -0.25) is 0 Å². The van der Waals surface area contributed by atoms with Gasteiger partial charge in [0, 0.05) is 5.92 Å². The fourth-order valence-electron chi connectivity index (χ4n) is 3.16. The van der Waals surface area contributed by atoms with Gasteiger partial charge in [-0.2, -0.15) is 0 Å². The number of aliphatic hydroxyl groups excluding tert-OH is 1. The molecule has 0 saturated heterocycles. The van der Waals surface area contributed by atoms with Crippen LogP contribution in [0.2, 0.25) is 0 Å². The molecule has 0 bridgehead atoms. The van der Waals surface area contributed by atoms with Crippen LogP contribution in [0.1, 0.15) is 57.9 Å². The van der Waals surface area contributed by atoms with Crippen molar-refractivity contribution in [2.24, 2.45) is 0 Å². The van der Waals surface area contributed by atoms with E-state index in [0.717, 1.165) is 5.56 Å². The fourth-order valence-corrected chi connectivity index (χ4v) is 3.16. The molecule has 1 nitrogen and oxygen atoms in total. The van der Waals surface area contributed by atoms with Crippen LogP contribution in [0.25, 0.3) is 0 Å². The summed E-state index contributed by atoms with van der Waals surface area (Å²) < 4.78 is 0. The van der Waals surface area contributed by atoms with Crippen molar-refractivity contribution in [3.05, 3.63) is 69.3 Å². The molecule has 2 aromatic rings. The zero-order chi connectivity index (χ0) is 15.7. The standard InChI is InChI=1S/C20H26O/c1-12-13(2)15(4)19(16(5)14(12)3)20(21)17(6)18-10-8-7-9-11-18/h7-11,17,20-21H,1-6H3. The highest BCUT2D eigenvalue weighted by Gasteiger charge is 2.24. The van der Waals surface area contributed by atoms with E-state index in [1.54, 1.807) is 0 Å². The number of hydrogen-bond donors (Lipinski definition) is 1. The molecule has 0 spiro atoms. The second-order valence-corrected chi connectivity index (χ2v) is 6.18. The summed E-state index contributed by atoms with van der Waals surface area (Å²) in [5.41, 5.74) is 8.68. The van der Waals surface area contributed by atoms with Gasteiger partial charge in [0.25, 0.3) is 0 Å². The predicted octanol–water partition coefficient (Wildman–Crippen LogP) is 5.07. The summed E-state index contributed by atoms with van der Waals surface area (Å²) in [5.74, 6) is 0.0881. The zero-order valence-corrected chi connectivity index (χ0v) is 14.0. The third kappa shape index (κ3) is 2.75. The second kappa shape index (κ2) is 6.03. The van der Waals surface area contributed by atoms with Crippen molar-refractivity contribution in [2.45, 2.75) is 53.6 Å². The average molecular weight is 282 g/mol. The first-order valence-corrected chi connectivity index (χ1v) is 7.66. The molecule has 0 fully saturated rings. The van der Waals surface area contributed by atoms with E-state index in [1.807, 2.05) is 18.2 Å². The lowest BCUT2D eigenvalue weighted by atomic mass is 9.82. The van der Waals surface area contributed by atoms with Crippen LogP contribution in [-0.4, -0.2) is 5.11 Å². The lowest BCUT2D eigenvalue weighted by Crippen LogP contribution is -2.13. The van der Waals surface area contributed by atoms with E-state index in [1.165, 1.54) is 33.4 Å². The van der Waals surface area contributed by atoms with Gasteiger partial charge in [-0.05, 0) is 73.6 Å². The lowest BCUT2D eigenvalue weighted by molar-refractivity contribution is 0.150. The number of rotatable bonds is 3. The third-order valence-corrected chi connectivity index (χ3v) is 5.15. The van der Waals surface area contributed by atoms with Crippen molar-refractivity contribution in [2.75, 3.05) is 0 Å². The van der Waals surface area contributed by atoms with E-state index in [-0.39, 0.29) is 5.92 Å². The van der Waals surface area contributed by atoms with E-state index in [4.69, 9.17) is 0 Å². The van der Waals surface area contributed by atoms with Gasteiger partial charge in [-0.25, -0.2) is 0 Å². The Kier molecular flexibility index (Phi) is 4.53. The van der Waals surface area contributed by atoms with Gasteiger partial charge in [0.15, 0.2) is 0 Å². The van der Waals surface area contributed by atoms with Gasteiger partial charge >= 0.3 is 0 Å². The molecule has 1 N–H and O–H groups in total. The molecule has 0 radical (unpaired) electrons. The molecule has 0 heterocycles. The summed E-state index contributed by atoms with van der Waals surface area (Å²) in [6.45, 7) is 12.8. The Morgan fingerprint density at radius 1 is 0.714 bits per heavy atom. The van der Waals surface area contributed by atoms with E-state index in [9.17, 15) is 5.11 Å². The Hall–Kier alpha value is -1.60. The first-order valence-electron chi connectivity index (χ1n) is 7.66. The van der Waals surface area contributed by atoms with Crippen molar-refractivity contribution >= 4 is 0 Å². The molecule has 2 unspecified atom stereocenters. The van der Waals surface area contributed by atoms with Gasteiger partial charge in [0.2, 0.25) is 0 Å². The number of hydrogen-bond acceptors (Lipinski definition) is 1. The SMILES string of the molecule is Cc1c(C)c(C)c(C(O)C(C)c2ccccc2)c(C)c1C. The lowest BCUT2D eigenvalue weighted by Gasteiger charge is -2.26. The summed E-state index contributed by atoms with van der Waals surface area (Å²) in [6, 6.07) is 10.3. The molecular formula is C20H26O. The summed E-state index contributed by atoms with van der Waals surface area (Å²) in [5, 5.41) is 10.9. The van der Waals surface area contributed by atoms with E-state index in [2.05, 4.69) is 53.7 Å². The Morgan fingerprint density at radius 2 is 1.14 bits per heavy atom. The maximum Gasteiger partial charge on any atom is 0.0861 e. The molecule has 2 atom stereocenters. The molecule has 0 saturated carbocycles. The Balaban J connectivity index is 2.52. The van der Waals surface area contributed by atoms with Crippen LogP contribution in [0, 0.1) is 34.6 Å². The third-order valence-electron chi connectivity index (χ3n) is 5.15. The highest BCUT2D eigenvalue weighted by atomic mass is 16.3.